The molecule has 0 bridgehead atoms. The Balaban J connectivity index is 2.48. The molecular formula is C12H22N2O3. The maximum Gasteiger partial charge on any atom is 0.308 e. The molecule has 98 valence electrons. The molecule has 0 aromatic carbocycles. The van der Waals surface area contributed by atoms with Crippen molar-refractivity contribution in [3.63, 3.8) is 0 Å². The fraction of sp³-hybridized carbons (Fsp3) is 0.833. The number of hydrogen-bond acceptors (Lipinski definition) is 3. The number of aliphatic carboxylic acids is 1. The van der Waals surface area contributed by atoms with Crippen molar-refractivity contribution in [3.8, 4) is 0 Å². The van der Waals surface area contributed by atoms with Gasteiger partial charge in [-0.05, 0) is 32.2 Å². The van der Waals surface area contributed by atoms with Crippen molar-refractivity contribution in [2.75, 3.05) is 19.6 Å². The number of piperidine rings is 1. The molecule has 1 saturated heterocycles. The van der Waals surface area contributed by atoms with Gasteiger partial charge in [0, 0.05) is 19.0 Å². The molecule has 1 amide bonds. The van der Waals surface area contributed by atoms with Gasteiger partial charge in [-0.2, -0.15) is 0 Å². The Hall–Kier alpha value is -1.10. The van der Waals surface area contributed by atoms with Crippen molar-refractivity contribution < 1.29 is 14.7 Å². The van der Waals surface area contributed by atoms with Crippen LogP contribution in [-0.4, -0.2) is 41.5 Å². The highest BCUT2D eigenvalue weighted by Gasteiger charge is 2.29. The summed E-state index contributed by atoms with van der Waals surface area (Å²) >= 11 is 0. The minimum atomic E-state index is -0.794. The lowest BCUT2D eigenvalue weighted by atomic mass is 9.96. The van der Waals surface area contributed by atoms with E-state index in [1.165, 1.54) is 0 Å². The molecule has 1 rings (SSSR count). The van der Waals surface area contributed by atoms with Gasteiger partial charge in [-0.1, -0.05) is 6.92 Å². The average Bonchev–Trinajstić information content (AvgIpc) is 2.35. The number of likely N-dealkylation sites (tertiary alicyclic amines) is 1. The molecule has 0 saturated carbocycles. The van der Waals surface area contributed by atoms with E-state index in [9.17, 15) is 9.59 Å². The Morgan fingerprint density at radius 2 is 2.24 bits per heavy atom. The first-order valence-corrected chi connectivity index (χ1v) is 6.28. The van der Waals surface area contributed by atoms with E-state index in [-0.39, 0.29) is 11.8 Å². The zero-order valence-electron chi connectivity index (χ0n) is 10.4. The second-order valence-electron chi connectivity index (χ2n) is 4.79. The summed E-state index contributed by atoms with van der Waals surface area (Å²) in [6, 6.07) is 0. The molecule has 0 aliphatic carbocycles. The summed E-state index contributed by atoms with van der Waals surface area (Å²) in [5.41, 5.74) is 5.41. The summed E-state index contributed by atoms with van der Waals surface area (Å²) in [4.78, 5) is 24.7. The van der Waals surface area contributed by atoms with Gasteiger partial charge >= 0.3 is 5.97 Å². The minimum Gasteiger partial charge on any atom is -0.481 e. The van der Waals surface area contributed by atoms with Gasteiger partial charge in [-0.25, -0.2) is 0 Å². The molecule has 1 aliphatic rings. The Labute approximate surface area is 102 Å². The van der Waals surface area contributed by atoms with E-state index in [0.29, 0.717) is 26.1 Å². The van der Waals surface area contributed by atoms with Crippen LogP contribution in [0.15, 0.2) is 0 Å². The molecule has 3 N–H and O–H groups in total. The van der Waals surface area contributed by atoms with Crippen molar-refractivity contribution in [3.05, 3.63) is 0 Å². The van der Waals surface area contributed by atoms with Crippen LogP contribution in [0.25, 0.3) is 0 Å². The van der Waals surface area contributed by atoms with Crippen molar-refractivity contribution in [2.45, 2.75) is 32.6 Å². The normalized spacial score (nSPS) is 22.2. The van der Waals surface area contributed by atoms with Gasteiger partial charge < -0.3 is 15.7 Å². The third-order valence-electron chi connectivity index (χ3n) is 3.35. The Kier molecular flexibility index (Phi) is 5.41. The lowest BCUT2D eigenvalue weighted by Gasteiger charge is -2.32. The van der Waals surface area contributed by atoms with Gasteiger partial charge in [-0.3, -0.25) is 9.59 Å². The molecular weight excluding hydrogens is 220 g/mol. The Morgan fingerprint density at radius 1 is 1.53 bits per heavy atom. The molecule has 0 spiro atoms. The standard InChI is InChI=1S/C12H22N2O3/c1-9(4-2-6-13)11(15)14-7-3-5-10(8-14)12(16)17/h9-10H,2-8,13H2,1H3,(H,16,17). The van der Waals surface area contributed by atoms with E-state index in [4.69, 9.17) is 10.8 Å². The zero-order valence-corrected chi connectivity index (χ0v) is 10.4. The summed E-state index contributed by atoms with van der Waals surface area (Å²) < 4.78 is 0. The third kappa shape index (κ3) is 4.00. The van der Waals surface area contributed by atoms with Gasteiger partial charge in [0.25, 0.3) is 0 Å². The van der Waals surface area contributed by atoms with Crippen LogP contribution in [0.5, 0.6) is 0 Å². The molecule has 1 fully saturated rings. The lowest BCUT2D eigenvalue weighted by molar-refractivity contribution is -0.146. The highest BCUT2D eigenvalue weighted by molar-refractivity contribution is 5.79. The quantitative estimate of drug-likeness (QED) is 0.742. The molecule has 2 unspecified atom stereocenters. The molecule has 0 radical (unpaired) electrons. The van der Waals surface area contributed by atoms with E-state index in [2.05, 4.69) is 0 Å². The van der Waals surface area contributed by atoms with E-state index in [1.54, 1.807) is 4.90 Å². The summed E-state index contributed by atoms with van der Waals surface area (Å²) in [6.07, 6.45) is 3.08. The number of carboxylic acid groups (broad SMARTS) is 1. The number of carboxylic acids is 1. The van der Waals surface area contributed by atoms with Crippen molar-refractivity contribution in [2.24, 2.45) is 17.6 Å². The summed E-state index contributed by atoms with van der Waals surface area (Å²) in [5.74, 6) is -1.16. The molecule has 0 aromatic heterocycles. The molecule has 0 aromatic rings. The fourth-order valence-corrected chi connectivity index (χ4v) is 2.24. The highest BCUT2D eigenvalue weighted by atomic mass is 16.4. The average molecular weight is 242 g/mol. The minimum absolute atomic E-state index is 0.0499. The van der Waals surface area contributed by atoms with Crippen molar-refractivity contribution in [1.29, 1.82) is 0 Å². The second-order valence-corrected chi connectivity index (χ2v) is 4.79. The van der Waals surface area contributed by atoms with Crippen molar-refractivity contribution >= 4 is 11.9 Å². The van der Waals surface area contributed by atoms with Crippen LogP contribution in [0.1, 0.15) is 32.6 Å². The van der Waals surface area contributed by atoms with Crippen LogP contribution in [-0.2, 0) is 9.59 Å². The third-order valence-corrected chi connectivity index (χ3v) is 3.35. The molecule has 5 nitrogen and oxygen atoms in total. The molecule has 1 heterocycles. The van der Waals surface area contributed by atoms with Gasteiger partial charge in [0.05, 0.1) is 5.92 Å². The van der Waals surface area contributed by atoms with Gasteiger partial charge in [0.15, 0.2) is 0 Å². The largest absolute Gasteiger partial charge is 0.481 e. The SMILES string of the molecule is CC(CCCN)C(=O)N1CCCC(C(=O)O)C1. The van der Waals surface area contributed by atoms with E-state index in [0.717, 1.165) is 19.3 Å². The van der Waals surface area contributed by atoms with E-state index >= 15 is 0 Å². The monoisotopic (exact) mass is 242 g/mol. The maximum atomic E-state index is 12.1. The van der Waals surface area contributed by atoms with Crippen LogP contribution in [0.2, 0.25) is 0 Å². The number of hydrogen-bond donors (Lipinski definition) is 2. The van der Waals surface area contributed by atoms with Gasteiger partial charge in [0.1, 0.15) is 0 Å². The van der Waals surface area contributed by atoms with E-state index < -0.39 is 11.9 Å². The first kappa shape index (κ1) is 14.0. The summed E-state index contributed by atoms with van der Waals surface area (Å²) in [6.45, 7) is 3.54. The van der Waals surface area contributed by atoms with Crippen LogP contribution in [0, 0.1) is 11.8 Å². The van der Waals surface area contributed by atoms with E-state index in [1.807, 2.05) is 6.92 Å². The molecule has 2 atom stereocenters. The molecule has 1 aliphatic heterocycles. The smallest absolute Gasteiger partial charge is 0.308 e. The lowest BCUT2D eigenvalue weighted by Crippen LogP contribution is -2.44. The Morgan fingerprint density at radius 3 is 2.82 bits per heavy atom. The second kappa shape index (κ2) is 6.59. The summed E-state index contributed by atoms with van der Waals surface area (Å²) in [5, 5.41) is 8.96. The number of nitrogens with zero attached hydrogens (tertiary/aromatic N) is 1. The first-order valence-electron chi connectivity index (χ1n) is 6.28. The zero-order chi connectivity index (χ0) is 12.8. The summed E-state index contributed by atoms with van der Waals surface area (Å²) in [7, 11) is 0. The highest BCUT2D eigenvalue weighted by Crippen LogP contribution is 2.19. The number of nitrogens with two attached hydrogens (primary N) is 1. The van der Waals surface area contributed by atoms with Crippen LogP contribution in [0.4, 0.5) is 0 Å². The van der Waals surface area contributed by atoms with Gasteiger partial charge in [0.2, 0.25) is 5.91 Å². The molecule has 5 heteroatoms. The molecule has 17 heavy (non-hydrogen) atoms. The predicted molar refractivity (Wildman–Crippen MR) is 64.4 cm³/mol. The number of carbonyl (C=O) groups is 2. The number of rotatable bonds is 5. The number of amides is 1. The first-order chi connectivity index (χ1) is 8.06. The maximum absolute atomic E-state index is 12.1. The van der Waals surface area contributed by atoms with Gasteiger partial charge in [-0.15, -0.1) is 0 Å². The van der Waals surface area contributed by atoms with Crippen LogP contribution in [0.3, 0.4) is 0 Å². The predicted octanol–water partition coefficient (Wildman–Crippen LogP) is 0.685. The topological polar surface area (TPSA) is 83.6 Å². The van der Waals surface area contributed by atoms with Crippen LogP contribution < -0.4 is 5.73 Å². The van der Waals surface area contributed by atoms with Crippen LogP contribution >= 0.6 is 0 Å². The number of carbonyl (C=O) groups excluding carboxylic acids is 1. The Bertz CT molecular complexity index is 281. The van der Waals surface area contributed by atoms with Crippen molar-refractivity contribution in [1.82, 2.24) is 4.90 Å². The fourth-order valence-electron chi connectivity index (χ4n) is 2.24.